The zero-order valence-corrected chi connectivity index (χ0v) is 15.6. The third-order valence-corrected chi connectivity index (χ3v) is 6.30. The van der Waals surface area contributed by atoms with E-state index in [0.29, 0.717) is 11.3 Å². The Hall–Kier alpha value is -1.54. The second kappa shape index (κ2) is 6.76. The number of urea groups is 1. The summed E-state index contributed by atoms with van der Waals surface area (Å²) in [4.78, 5) is 51.7. The van der Waals surface area contributed by atoms with Gasteiger partial charge in [0.25, 0.3) is 0 Å². The molecule has 0 unspecified atom stereocenters. The highest BCUT2D eigenvalue weighted by atomic mass is 79.9. The molecule has 0 radical (unpaired) electrons. The summed E-state index contributed by atoms with van der Waals surface area (Å²) < 4.78 is 0.790. The SMILES string of the molecule is C[C@@H]1CCCC[C@H]1N1C(=O)C(=O)N(CC(=O)c2ccc(Br)s2)C1=O. The third kappa shape index (κ3) is 3.04. The Labute approximate surface area is 151 Å². The number of rotatable bonds is 4. The fourth-order valence-corrected chi connectivity index (χ4v) is 4.64. The van der Waals surface area contributed by atoms with E-state index in [9.17, 15) is 19.2 Å². The number of halogens is 1. The summed E-state index contributed by atoms with van der Waals surface area (Å²) >= 11 is 4.50. The topological polar surface area (TPSA) is 74.8 Å². The van der Waals surface area contributed by atoms with Crippen molar-refractivity contribution in [3.8, 4) is 0 Å². The zero-order valence-electron chi connectivity index (χ0n) is 13.2. The predicted octanol–water partition coefficient (Wildman–Crippen LogP) is 3.06. The first kappa shape index (κ1) is 17.3. The number of hydrogen-bond acceptors (Lipinski definition) is 5. The van der Waals surface area contributed by atoms with Gasteiger partial charge in [-0.25, -0.2) is 9.69 Å². The van der Waals surface area contributed by atoms with Crippen molar-refractivity contribution in [2.24, 2.45) is 5.92 Å². The lowest BCUT2D eigenvalue weighted by molar-refractivity contribution is -0.144. The molecule has 6 nitrogen and oxygen atoms in total. The second-order valence-corrected chi connectivity index (χ2v) is 8.67. The summed E-state index contributed by atoms with van der Waals surface area (Å²) in [6.07, 6.45) is 3.64. The van der Waals surface area contributed by atoms with Crippen LogP contribution in [0.25, 0.3) is 0 Å². The van der Waals surface area contributed by atoms with Crippen LogP contribution in [0.5, 0.6) is 0 Å². The van der Waals surface area contributed by atoms with Gasteiger partial charge in [-0.2, -0.15) is 0 Å². The Bertz CT molecular complexity index is 717. The molecule has 1 aromatic heterocycles. The van der Waals surface area contributed by atoms with Crippen molar-refractivity contribution in [2.75, 3.05) is 6.54 Å². The Morgan fingerprint density at radius 3 is 2.54 bits per heavy atom. The molecule has 3 rings (SSSR count). The van der Waals surface area contributed by atoms with Gasteiger partial charge < -0.3 is 0 Å². The minimum absolute atomic E-state index is 0.170. The van der Waals surface area contributed by atoms with E-state index in [1.807, 2.05) is 6.92 Å². The van der Waals surface area contributed by atoms with Crippen LogP contribution in [0.3, 0.4) is 0 Å². The first-order valence-electron chi connectivity index (χ1n) is 7.87. The Balaban J connectivity index is 1.77. The number of ketones is 1. The van der Waals surface area contributed by atoms with Crippen LogP contribution >= 0.6 is 27.3 Å². The lowest BCUT2D eigenvalue weighted by Gasteiger charge is -2.34. The van der Waals surface area contributed by atoms with E-state index in [1.54, 1.807) is 12.1 Å². The molecule has 0 bridgehead atoms. The molecule has 128 valence electrons. The van der Waals surface area contributed by atoms with E-state index in [0.717, 1.165) is 32.8 Å². The van der Waals surface area contributed by atoms with Crippen LogP contribution in [0, 0.1) is 5.92 Å². The summed E-state index contributed by atoms with van der Waals surface area (Å²) in [6.45, 7) is 1.60. The molecule has 2 atom stereocenters. The van der Waals surface area contributed by atoms with E-state index in [4.69, 9.17) is 0 Å². The maximum absolute atomic E-state index is 12.6. The van der Waals surface area contributed by atoms with E-state index in [1.165, 1.54) is 11.3 Å². The number of carbonyl (C=O) groups excluding carboxylic acids is 4. The van der Waals surface area contributed by atoms with Gasteiger partial charge in [-0.3, -0.25) is 19.3 Å². The van der Waals surface area contributed by atoms with Gasteiger partial charge in [0.15, 0.2) is 5.78 Å². The quantitative estimate of drug-likeness (QED) is 0.432. The van der Waals surface area contributed by atoms with Gasteiger partial charge in [-0.1, -0.05) is 19.8 Å². The summed E-state index contributed by atoms with van der Waals surface area (Å²) in [5, 5.41) is 0. The first-order valence-corrected chi connectivity index (χ1v) is 9.48. The molecule has 1 aliphatic carbocycles. The van der Waals surface area contributed by atoms with Crippen LogP contribution in [0.4, 0.5) is 4.79 Å². The Kier molecular flexibility index (Phi) is 4.87. The van der Waals surface area contributed by atoms with Crippen molar-refractivity contribution in [3.05, 3.63) is 20.8 Å². The van der Waals surface area contributed by atoms with E-state index in [2.05, 4.69) is 15.9 Å². The smallest absolute Gasteiger partial charge is 0.291 e. The standard InChI is InChI=1S/C16H17BrN2O4S/c1-9-4-2-3-5-10(9)19-15(22)14(21)18(16(19)23)8-11(20)12-6-7-13(17)24-12/h6-7,9-10H,2-5,8H2,1H3/t9-,10-/m1/s1. The fourth-order valence-electron chi connectivity index (χ4n) is 3.32. The molecule has 4 amide bonds. The lowest BCUT2D eigenvalue weighted by atomic mass is 9.85. The molecule has 24 heavy (non-hydrogen) atoms. The number of imide groups is 2. The maximum Gasteiger partial charge on any atom is 0.334 e. The molecular weight excluding hydrogens is 396 g/mol. The lowest BCUT2D eigenvalue weighted by Crippen LogP contribution is -2.46. The van der Waals surface area contributed by atoms with Gasteiger partial charge in [0.1, 0.15) is 0 Å². The highest BCUT2D eigenvalue weighted by Gasteiger charge is 2.49. The highest BCUT2D eigenvalue weighted by molar-refractivity contribution is 9.11. The molecule has 0 N–H and O–H groups in total. The highest BCUT2D eigenvalue weighted by Crippen LogP contribution is 2.31. The Morgan fingerprint density at radius 2 is 1.92 bits per heavy atom. The van der Waals surface area contributed by atoms with E-state index >= 15 is 0 Å². The third-order valence-electron chi connectivity index (χ3n) is 4.63. The molecule has 2 aliphatic rings. The maximum atomic E-state index is 12.6. The Morgan fingerprint density at radius 1 is 1.21 bits per heavy atom. The van der Waals surface area contributed by atoms with Crippen LogP contribution in [0.2, 0.25) is 0 Å². The van der Waals surface area contributed by atoms with E-state index in [-0.39, 0.29) is 17.7 Å². The van der Waals surface area contributed by atoms with Crippen LogP contribution in [-0.2, 0) is 9.59 Å². The average molecular weight is 413 g/mol. The van der Waals surface area contributed by atoms with Crippen LogP contribution in [0.1, 0.15) is 42.3 Å². The number of thiophene rings is 1. The molecule has 1 saturated carbocycles. The van der Waals surface area contributed by atoms with Crippen LogP contribution in [0.15, 0.2) is 15.9 Å². The van der Waals surface area contributed by atoms with Crippen molar-refractivity contribution in [1.29, 1.82) is 0 Å². The number of nitrogens with zero attached hydrogens (tertiary/aromatic N) is 2. The summed E-state index contributed by atoms with van der Waals surface area (Å²) in [6, 6.07) is 2.45. The van der Waals surface area contributed by atoms with Crippen LogP contribution < -0.4 is 0 Å². The molecule has 2 fully saturated rings. The molecule has 8 heteroatoms. The van der Waals surface area contributed by atoms with Gasteiger partial charge >= 0.3 is 17.8 Å². The normalized spacial score (nSPS) is 24.8. The zero-order chi connectivity index (χ0) is 17.4. The first-order chi connectivity index (χ1) is 11.4. The number of hydrogen-bond donors (Lipinski definition) is 0. The molecule has 1 saturated heterocycles. The van der Waals surface area contributed by atoms with Crippen molar-refractivity contribution in [2.45, 2.75) is 38.6 Å². The van der Waals surface area contributed by atoms with Gasteiger partial charge in [-0.05, 0) is 46.8 Å². The molecule has 0 spiro atoms. The van der Waals surface area contributed by atoms with Crippen LogP contribution in [-0.4, -0.2) is 46.0 Å². The van der Waals surface area contributed by atoms with Crippen molar-refractivity contribution in [1.82, 2.24) is 9.80 Å². The average Bonchev–Trinajstić information content (AvgIpc) is 3.07. The van der Waals surface area contributed by atoms with Gasteiger partial charge in [0.05, 0.1) is 15.2 Å². The molecule has 0 aromatic carbocycles. The molecule has 1 aliphatic heterocycles. The molecule has 2 heterocycles. The monoisotopic (exact) mass is 412 g/mol. The summed E-state index contributed by atoms with van der Waals surface area (Å²) in [5.41, 5.74) is 0. The second-order valence-electron chi connectivity index (χ2n) is 6.21. The number of Topliss-reactive ketones (excluding diaryl/α,β-unsaturated/α-hetero) is 1. The van der Waals surface area contributed by atoms with Crippen molar-refractivity contribution >= 4 is 50.9 Å². The van der Waals surface area contributed by atoms with Crippen molar-refractivity contribution < 1.29 is 19.2 Å². The van der Waals surface area contributed by atoms with Crippen molar-refractivity contribution in [3.63, 3.8) is 0 Å². The molecule has 1 aromatic rings. The predicted molar refractivity (Wildman–Crippen MR) is 91.7 cm³/mol. The van der Waals surface area contributed by atoms with Gasteiger partial charge in [-0.15, -0.1) is 11.3 Å². The number of amides is 4. The van der Waals surface area contributed by atoms with Gasteiger partial charge in [0.2, 0.25) is 0 Å². The summed E-state index contributed by atoms with van der Waals surface area (Å²) in [5.74, 6) is -1.89. The van der Waals surface area contributed by atoms with E-state index < -0.39 is 24.4 Å². The fraction of sp³-hybridized carbons (Fsp3) is 0.500. The minimum Gasteiger partial charge on any atom is -0.291 e. The molecular formula is C16H17BrN2O4S. The summed E-state index contributed by atoms with van der Waals surface area (Å²) in [7, 11) is 0. The van der Waals surface area contributed by atoms with Gasteiger partial charge in [0, 0.05) is 6.04 Å². The largest absolute Gasteiger partial charge is 0.334 e. The number of carbonyl (C=O) groups is 4. The minimum atomic E-state index is -0.901.